The minimum atomic E-state index is -1.12. The number of aromatic nitrogens is 1. The Morgan fingerprint density at radius 2 is 2.11 bits per heavy atom. The van der Waals surface area contributed by atoms with E-state index in [1.165, 1.54) is 30.3 Å². The first kappa shape index (κ1) is 13.3. The highest BCUT2D eigenvalue weighted by Gasteiger charge is 2.13. The monoisotopic (exact) mass is 280 g/mol. The van der Waals surface area contributed by atoms with E-state index in [0.29, 0.717) is 11.3 Å². The number of hydrogen-bond acceptors (Lipinski definition) is 3. The number of carboxylic acid groups (broad SMARTS) is 1. The van der Waals surface area contributed by atoms with Crippen molar-refractivity contribution >= 4 is 29.1 Å². The molecule has 0 amide bonds. The number of hydrogen-bond donors (Lipinski definition) is 2. The average molecular weight is 281 g/mol. The van der Waals surface area contributed by atoms with Crippen molar-refractivity contribution in [2.45, 2.75) is 6.92 Å². The number of carbonyl (C=O) groups is 1. The van der Waals surface area contributed by atoms with Crippen molar-refractivity contribution in [3.8, 4) is 0 Å². The molecule has 1 heterocycles. The molecule has 1 aromatic heterocycles. The lowest BCUT2D eigenvalue weighted by Gasteiger charge is -2.11. The van der Waals surface area contributed by atoms with Crippen LogP contribution in [0.3, 0.4) is 0 Å². The van der Waals surface area contributed by atoms with Gasteiger partial charge >= 0.3 is 5.97 Å². The first-order valence-electron chi connectivity index (χ1n) is 5.40. The second kappa shape index (κ2) is 5.24. The van der Waals surface area contributed by atoms with Gasteiger partial charge in [0.25, 0.3) is 0 Å². The number of halogens is 2. The van der Waals surface area contributed by atoms with Crippen molar-refractivity contribution in [3.05, 3.63) is 52.4 Å². The predicted octanol–water partition coefficient (Wildman–Crippen LogP) is 3.62. The molecule has 0 saturated carbocycles. The molecule has 0 fully saturated rings. The molecule has 0 saturated heterocycles. The van der Waals surface area contributed by atoms with Crippen molar-refractivity contribution in [3.63, 3.8) is 0 Å². The highest BCUT2D eigenvalue weighted by atomic mass is 35.5. The second-order valence-corrected chi connectivity index (χ2v) is 4.31. The molecule has 0 bridgehead atoms. The summed E-state index contributed by atoms with van der Waals surface area (Å²) in [5.41, 5.74) is 1.20. The topological polar surface area (TPSA) is 62.2 Å². The first-order valence-corrected chi connectivity index (χ1v) is 5.78. The van der Waals surface area contributed by atoms with Crippen molar-refractivity contribution < 1.29 is 14.3 Å². The summed E-state index contributed by atoms with van der Waals surface area (Å²) in [7, 11) is 0. The van der Waals surface area contributed by atoms with Crippen LogP contribution in [-0.2, 0) is 0 Å². The van der Waals surface area contributed by atoms with E-state index in [1.54, 1.807) is 6.92 Å². The number of nitrogens with one attached hydrogen (secondary N) is 1. The molecule has 0 atom stereocenters. The quantitative estimate of drug-likeness (QED) is 0.843. The third-order valence-electron chi connectivity index (χ3n) is 2.53. The van der Waals surface area contributed by atoms with E-state index in [9.17, 15) is 9.18 Å². The summed E-state index contributed by atoms with van der Waals surface area (Å²) in [4.78, 5) is 15.0. The Hall–Kier alpha value is -2.14. The zero-order chi connectivity index (χ0) is 14.0. The average Bonchev–Trinajstić information content (AvgIpc) is 2.32. The largest absolute Gasteiger partial charge is 0.478 e. The van der Waals surface area contributed by atoms with Crippen molar-refractivity contribution in [2.24, 2.45) is 0 Å². The Labute approximate surface area is 113 Å². The summed E-state index contributed by atoms with van der Waals surface area (Å²) in [6.45, 7) is 1.70. The Kier molecular flexibility index (Phi) is 3.66. The highest BCUT2D eigenvalue weighted by molar-refractivity contribution is 6.29. The van der Waals surface area contributed by atoms with Crippen LogP contribution >= 0.6 is 11.6 Å². The lowest BCUT2D eigenvalue weighted by molar-refractivity contribution is 0.0697. The van der Waals surface area contributed by atoms with Gasteiger partial charge in [0.05, 0.1) is 0 Å². The summed E-state index contributed by atoms with van der Waals surface area (Å²) in [5.74, 6) is -1.36. The molecule has 0 radical (unpaired) electrons. The number of carboxylic acids is 1. The molecule has 0 aliphatic heterocycles. The highest BCUT2D eigenvalue weighted by Crippen LogP contribution is 2.24. The molecular formula is C13H10ClFN2O2. The summed E-state index contributed by atoms with van der Waals surface area (Å²) in [6, 6.07) is 6.89. The number of benzene rings is 1. The minimum Gasteiger partial charge on any atom is -0.478 e. The SMILES string of the molecule is Cc1cc(F)ccc1Nc1nc(Cl)ccc1C(=O)O. The fourth-order valence-electron chi connectivity index (χ4n) is 1.60. The van der Waals surface area contributed by atoms with E-state index >= 15 is 0 Å². The molecule has 2 aromatic rings. The van der Waals surface area contributed by atoms with Gasteiger partial charge in [-0.2, -0.15) is 0 Å². The number of pyridine rings is 1. The molecule has 1 aromatic carbocycles. The van der Waals surface area contributed by atoms with E-state index in [1.807, 2.05) is 0 Å². The third kappa shape index (κ3) is 3.00. The van der Waals surface area contributed by atoms with Crippen LogP contribution in [0.4, 0.5) is 15.9 Å². The van der Waals surface area contributed by atoms with Gasteiger partial charge in [0.2, 0.25) is 0 Å². The van der Waals surface area contributed by atoms with Gasteiger partial charge in [-0.3, -0.25) is 0 Å². The maximum atomic E-state index is 13.0. The second-order valence-electron chi connectivity index (χ2n) is 3.92. The standard InChI is InChI=1S/C13H10ClFN2O2/c1-7-6-8(15)2-4-10(7)16-12-9(13(18)19)3-5-11(14)17-12/h2-6H,1H3,(H,16,17)(H,18,19). The van der Waals surface area contributed by atoms with Crippen molar-refractivity contribution in [1.82, 2.24) is 4.98 Å². The van der Waals surface area contributed by atoms with Crippen LogP contribution in [0.15, 0.2) is 30.3 Å². The maximum Gasteiger partial charge on any atom is 0.339 e. The first-order chi connectivity index (χ1) is 8.97. The Bertz CT molecular complexity index is 647. The molecular weight excluding hydrogens is 271 g/mol. The van der Waals surface area contributed by atoms with Gasteiger partial charge in [-0.15, -0.1) is 0 Å². The van der Waals surface area contributed by atoms with Crippen LogP contribution in [0, 0.1) is 12.7 Å². The van der Waals surface area contributed by atoms with Crippen LogP contribution < -0.4 is 5.32 Å². The maximum absolute atomic E-state index is 13.0. The fraction of sp³-hybridized carbons (Fsp3) is 0.0769. The lowest BCUT2D eigenvalue weighted by Crippen LogP contribution is -2.05. The van der Waals surface area contributed by atoms with E-state index in [0.717, 1.165) is 0 Å². The molecule has 98 valence electrons. The molecule has 2 rings (SSSR count). The molecule has 19 heavy (non-hydrogen) atoms. The third-order valence-corrected chi connectivity index (χ3v) is 2.74. The number of rotatable bonds is 3. The Balaban J connectivity index is 2.42. The van der Waals surface area contributed by atoms with Crippen molar-refractivity contribution in [2.75, 3.05) is 5.32 Å². The number of anilines is 2. The van der Waals surface area contributed by atoms with Gasteiger partial charge in [0, 0.05) is 5.69 Å². The molecule has 4 nitrogen and oxygen atoms in total. The predicted molar refractivity (Wildman–Crippen MR) is 70.6 cm³/mol. The van der Waals surface area contributed by atoms with Crippen LogP contribution in [0.5, 0.6) is 0 Å². The summed E-state index contributed by atoms with van der Waals surface area (Å²) >= 11 is 5.75. The Morgan fingerprint density at radius 1 is 1.37 bits per heavy atom. The zero-order valence-electron chi connectivity index (χ0n) is 9.95. The van der Waals surface area contributed by atoms with Gasteiger partial charge in [-0.25, -0.2) is 14.2 Å². The fourth-order valence-corrected chi connectivity index (χ4v) is 1.75. The lowest BCUT2D eigenvalue weighted by atomic mass is 10.2. The smallest absolute Gasteiger partial charge is 0.339 e. The number of aryl methyl sites for hydroxylation is 1. The number of nitrogens with zero attached hydrogens (tertiary/aromatic N) is 1. The van der Waals surface area contributed by atoms with Crippen LogP contribution in [0.1, 0.15) is 15.9 Å². The molecule has 0 aliphatic carbocycles. The number of aromatic carboxylic acids is 1. The molecule has 2 N–H and O–H groups in total. The van der Waals surface area contributed by atoms with Gasteiger partial charge in [0.1, 0.15) is 22.4 Å². The molecule has 0 spiro atoms. The van der Waals surface area contributed by atoms with E-state index in [4.69, 9.17) is 16.7 Å². The molecule has 0 aliphatic rings. The summed E-state index contributed by atoms with van der Waals surface area (Å²) in [6.07, 6.45) is 0. The Morgan fingerprint density at radius 3 is 2.74 bits per heavy atom. The van der Waals surface area contributed by atoms with Crippen LogP contribution in [-0.4, -0.2) is 16.1 Å². The molecule has 6 heteroatoms. The van der Waals surface area contributed by atoms with Crippen molar-refractivity contribution in [1.29, 1.82) is 0 Å². The zero-order valence-corrected chi connectivity index (χ0v) is 10.7. The van der Waals surface area contributed by atoms with E-state index in [2.05, 4.69) is 10.3 Å². The summed E-state index contributed by atoms with van der Waals surface area (Å²) in [5, 5.41) is 12.1. The van der Waals surface area contributed by atoms with E-state index < -0.39 is 5.97 Å². The van der Waals surface area contributed by atoms with Gasteiger partial charge < -0.3 is 10.4 Å². The normalized spacial score (nSPS) is 10.3. The van der Waals surface area contributed by atoms with E-state index in [-0.39, 0.29) is 22.4 Å². The minimum absolute atomic E-state index is 0.00637. The van der Waals surface area contributed by atoms with Crippen LogP contribution in [0.2, 0.25) is 5.15 Å². The van der Waals surface area contributed by atoms with Gasteiger partial charge in [-0.1, -0.05) is 11.6 Å². The van der Waals surface area contributed by atoms with Crippen LogP contribution in [0.25, 0.3) is 0 Å². The van der Waals surface area contributed by atoms with Gasteiger partial charge in [0.15, 0.2) is 0 Å². The molecule has 0 unspecified atom stereocenters. The van der Waals surface area contributed by atoms with Gasteiger partial charge in [-0.05, 0) is 42.8 Å². The summed E-state index contributed by atoms with van der Waals surface area (Å²) < 4.78 is 13.0.